The first-order chi connectivity index (χ1) is 17.0. The second-order valence-corrected chi connectivity index (χ2v) is 9.77. The van der Waals surface area contributed by atoms with Gasteiger partial charge in [0.15, 0.2) is 0 Å². The number of benzene rings is 1. The number of pyridine rings is 1. The molecule has 2 aromatic heterocycles. The number of carbonyl (C=O) groups excluding carboxylic acids is 1. The van der Waals surface area contributed by atoms with Crippen LogP contribution >= 0.6 is 0 Å². The molecule has 8 nitrogen and oxygen atoms in total. The summed E-state index contributed by atoms with van der Waals surface area (Å²) in [6, 6.07) is 8.76. The van der Waals surface area contributed by atoms with Gasteiger partial charge in [-0.25, -0.2) is 22.8 Å². The molecule has 1 N–H and O–H groups in total. The predicted molar refractivity (Wildman–Crippen MR) is 122 cm³/mol. The number of hydrogen-bond acceptors (Lipinski definition) is 6. The number of alkyl halides is 3. The molecule has 1 saturated heterocycles. The summed E-state index contributed by atoms with van der Waals surface area (Å²) >= 11 is 0. The predicted octanol–water partition coefficient (Wildman–Crippen LogP) is 3.80. The Balaban J connectivity index is 0.000000205. The zero-order valence-corrected chi connectivity index (χ0v) is 19.9. The molecule has 1 aromatic carbocycles. The van der Waals surface area contributed by atoms with Crippen molar-refractivity contribution in [3.05, 3.63) is 72.2 Å². The Kier molecular flexibility index (Phi) is 8.69. The normalized spacial score (nSPS) is 16.2. The Morgan fingerprint density at radius 2 is 1.83 bits per heavy atom. The zero-order valence-electron chi connectivity index (χ0n) is 19.1. The average molecular weight is 526 g/mol. The Morgan fingerprint density at radius 3 is 2.39 bits per heavy atom. The van der Waals surface area contributed by atoms with Gasteiger partial charge in [0.1, 0.15) is 17.8 Å². The number of halogens is 4. The molecule has 0 aliphatic carbocycles. The smallest absolute Gasteiger partial charge is 0.353 e. The van der Waals surface area contributed by atoms with Gasteiger partial charge < -0.3 is 5.32 Å². The molecule has 1 fully saturated rings. The molecule has 192 valence electrons. The molecule has 36 heavy (non-hydrogen) atoms. The second-order valence-electron chi connectivity index (χ2n) is 7.88. The highest BCUT2D eigenvalue weighted by atomic mass is 32.2. The summed E-state index contributed by atoms with van der Waals surface area (Å²) in [6.07, 6.45) is 0.212. The van der Waals surface area contributed by atoms with Crippen molar-refractivity contribution in [3.63, 3.8) is 0 Å². The van der Waals surface area contributed by atoms with Crippen molar-refractivity contribution >= 4 is 16.4 Å². The monoisotopic (exact) mass is 525 g/mol. The highest BCUT2D eigenvalue weighted by molar-refractivity contribution is 7.89. The van der Waals surface area contributed by atoms with E-state index in [1.54, 1.807) is 6.07 Å². The fraction of sp³-hybridized carbons (Fsp3) is 0.304. The van der Waals surface area contributed by atoms with Gasteiger partial charge in [0.05, 0.1) is 22.8 Å². The highest BCUT2D eigenvalue weighted by Crippen LogP contribution is 2.28. The van der Waals surface area contributed by atoms with Crippen LogP contribution in [0.25, 0.3) is 11.3 Å². The van der Waals surface area contributed by atoms with Crippen LogP contribution in [-0.2, 0) is 27.5 Å². The first kappa shape index (κ1) is 27.1. The molecule has 0 saturated carbocycles. The summed E-state index contributed by atoms with van der Waals surface area (Å²) in [5.74, 6) is -0.423. The van der Waals surface area contributed by atoms with Crippen molar-refractivity contribution in [2.45, 2.75) is 43.4 Å². The second kappa shape index (κ2) is 11.5. The number of amides is 1. The Morgan fingerprint density at radius 1 is 1.11 bits per heavy atom. The Labute approximate surface area is 205 Å². The Bertz CT molecular complexity index is 1270. The molecule has 4 rings (SSSR count). The fourth-order valence-electron chi connectivity index (χ4n) is 3.52. The molecule has 0 bridgehead atoms. The SMILES string of the molecule is C[C@@H]1CCCN1S(=O)(=O)c1ccc(F)cc1.O=CNCc1cc(-c2ccc(C(F)(F)F)nc2)ncn1. The third kappa shape index (κ3) is 6.82. The van der Waals surface area contributed by atoms with E-state index in [-0.39, 0.29) is 17.5 Å². The molecule has 0 radical (unpaired) electrons. The van der Waals surface area contributed by atoms with Gasteiger partial charge in [-0.05, 0) is 62.2 Å². The number of nitrogens with one attached hydrogen (secondary N) is 1. The minimum atomic E-state index is -4.47. The van der Waals surface area contributed by atoms with Gasteiger partial charge in [0, 0.05) is 24.3 Å². The van der Waals surface area contributed by atoms with Crippen LogP contribution in [0.5, 0.6) is 0 Å². The maximum Gasteiger partial charge on any atom is 0.433 e. The summed E-state index contributed by atoms with van der Waals surface area (Å²) in [6.45, 7) is 2.67. The summed E-state index contributed by atoms with van der Waals surface area (Å²) in [4.78, 5) is 21.6. The first-order valence-corrected chi connectivity index (χ1v) is 12.3. The van der Waals surface area contributed by atoms with Gasteiger partial charge in [0.2, 0.25) is 16.4 Å². The Hall–Kier alpha value is -3.45. The van der Waals surface area contributed by atoms with Gasteiger partial charge in [-0.3, -0.25) is 9.78 Å². The van der Waals surface area contributed by atoms with E-state index in [0.29, 0.717) is 29.9 Å². The lowest BCUT2D eigenvalue weighted by Crippen LogP contribution is -2.33. The van der Waals surface area contributed by atoms with E-state index >= 15 is 0 Å². The topological polar surface area (TPSA) is 105 Å². The van der Waals surface area contributed by atoms with Crippen LogP contribution in [0.2, 0.25) is 0 Å². The number of sulfonamides is 1. The standard InChI is InChI=1S/C12H9F3N4O.C11H14FNO2S/c13-12(14,15)11-2-1-8(4-17-11)10-3-9(5-16-7-20)18-6-19-10;1-9-3-2-8-13(9)16(14,15)11-6-4-10(12)5-7-11/h1-4,6-7H,5H2,(H,16,20);4-7,9H,2-3,8H2,1H3/t;9-/m.1/s1. The van der Waals surface area contributed by atoms with Gasteiger partial charge in [0.25, 0.3) is 0 Å². The van der Waals surface area contributed by atoms with Crippen molar-refractivity contribution in [3.8, 4) is 11.3 Å². The number of nitrogens with zero attached hydrogens (tertiary/aromatic N) is 4. The minimum absolute atomic E-state index is 0.0371. The van der Waals surface area contributed by atoms with Crippen LogP contribution in [0.15, 0.2) is 59.9 Å². The summed E-state index contributed by atoms with van der Waals surface area (Å²) < 4.78 is 75.7. The van der Waals surface area contributed by atoms with Gasteiger partial charge in [-0.2, -0.15) is 17.5 Å². The van der Waals surface area contributed by atoms with Crippen LogP contribution in [0, 0.1) is 5.82 Å². The van der Waals surface area contributed by atoms with Crippen LogP contribution in [-0.4, -0.2) is 46.7 Å². The highest BCUT2D eigenvalue weighted by Gasteiger charge is 2.33. The van der Waals surface area contributed by atoms with Gasteiger partial charge in [-0.15, -0.1) is 0 Å². The van der Waals surface area contributed by atoms with E-state index in [9.17, 15) is 30.8 Å². The van der Waals surface area contributed by atoms with Gasteiger partial charge in [-0.1, -0.05) is 0 Å². The van der Waals surface area contributed by atoms with Crippen molar-refractivity contribution in [1.29, 1.82) is 0 Å². The maximum absolute atomic E-state index is 12.7. The van der Waals surface area contributed by atoms with Crippen LogP contribution in [0.1, 0.15) is 31.2 Å². The van der Waals surface area contributed by atoms with Crippen LogP contribution < -0.4 is 5.32 Å². The molecule has 13 heteroatoms. The van der Waals surface area contributed by atoms with Crippen LogP contribution in [0.4, 0.5) is 17.6 Å². The number of hydrogen-bond donors (Lipinski definition) is 1. The molecule has 3 aromatic rings. The molecule has 1 atom stereocenters. The molecular formula is C23H23F4N5O3S. The lowest BCUT2D eigenvalue weighted by molar-refractivity contribution is -0.141. The van der Waals surface area contributed by atoms with Crippen molar-refractivity contribution in [2.24, 2.45) is 0 Å². The third-order valence-electron chi connectivity index (χ3n) is 5.35. The van der Waals surface area contributed by atoms with Gasteiger partial charge >= 0.3 is 6.18 Å². The lowest BCUT2D eigenvalue weighted by Gasteiger charge is -2.20. The molecule has 0 spiro atoms. The number of aromatic nitrogens is 3. The van der Waals surface area contributed by atoms with Crippen molar-refractivity contribution in [1.82, 2.24) is 24.6 Å². The molecule has 1 amide bonds. The van der Waals surface area contributed by atoms with E-state index in [1.165, 1.54) is 41.0 Å². The molecule has 0 unspecified atom stereocenters. The minimum Gasteiger partial charge on any atom is -0.353 e. The zero-order chi connectivity index (χ0) is 26.3. The molecule has 1 aliphatic heterocycles. The molecule has 1 aliphatic rings. The number of carbonyl (C=O) groups is 1. The average Bonchev–Trinajstić information content (AvgIpc) is 3.30. The van der Waals surface area contributed by atoms with E-state index in [1.807, 2.05) is 6.92 Å². The van der Waals surface area contributed by atoms with Crippen molar-refractivity contribution in [2.75, 3.05) is 6.54 Å². The first-order valence-electron chi connectivity index (χ1n) is 10.8. The van der Waals surface area contributed by atoms with Crippen molar-refractivity contribution < 1.29 is 30.8 Å². The third-order valence-corrected chi connectivity index (χ3v) is 7.38. The summed E-state index contributed by atoms with van der Waals surface area (Å²) in [5, 5.41) is 2.44. The number of rotatable bonds is 6. The fourth-order valence-corrected chi connectivity index (χ4v) is 5.22. The lowest BCUT2D eigenvalue weighted by atomic mass is 10.1. The molecule has 3 heterocycles. The van der Waals surface area contributed by atoms with E-state index in [4.69, 9.17) is 0 Å². The van der Waals surface area contributed by atoms with Crippen LogP contribution in [0.3, 0.4) is 0 Å². The van der Waals surface area contributed by atoms with E-state index < -0.39 is 27.7 Å². The maximum atomic E-state index is 12.7. The summed E-state index contributed by atoms with van der Waals surface area (Å²) in [5.41, 5.74) is 0.455. The summed E-state index contributed by atoms with van der Waals surface area (Å²) in [7, 11) is -3.44. The quantitative estimate of drug-likeness (QED) is 0.388. The van der Waals surface area contributed by atoms with E-state index in [2.05, 4.69) is 20.3 Å². The molecular weight excluding hydrogens is 502 g/mol. The van der Waals surface area contributed by atoms with E-state index in [0.717, 1.165) is 25.1 Å². The largest absolute Gasteiger partial charge is 0.433 e.